The first-order valence-electron chi connectivity index (χ1n) is 7.17. The topological polar surface area (TPSA) is 42.3 Å². The van der Waals surface area contributed by atoms with E-state index in [1.807, 2.05) is 22.5 Å². The summed E-state index contributed by atoms with van der Waals surface area (Å²) < 4.78 is 1.82. The Kier molecular flexibility index (Phi) is 3.72. The van der Waals surface area contributed by atoms with Gasteiger partial charge in [-0.25, -0.2) is 0 Å². The van der Waals surface area contributed by atoms with Gasteiger partial charge in [0.15, 0.2) is 6.29 Å². The average molecular weight is 305 g/mol. The van der Waals surface area contributed by atoms with Crippen molar-refractivity contribution in [2.45, 2.75) is 32.4 Å². The first-order chi connectivity index (χ1) is 10.1. The fourth-order valence-corrected chi connectivity index (χ4v) is 2.95. The second kappa shape index (κ2) is 5.53. The highest BCUT2D eigenvalue weighted by molar-refractivity contribution is 6.31. The van der Waals surface area contributed by atoms with Crippen LogP contribution >= 0.6 is 11.6 Å². The highest BCUT2D eigenvalue weighted by Crippen LogP contribution is 2.28. The minimum absolute atomic E-state index is 0.0920. The number of hydrogen-bond donors (Lipinski definition) is 0. The number of halogens is 1. The predicted octanol–water partition coefficient (Wildman–Crippen LogP) is 3.12. The Hall–Kier alpha value is -1.81. The van der Waals surface area contributed by atoms with E-state index in [1.54, 1.807) is 18.3 Å². The Morgan fingerprint density at radius 1 is 1.48 bits per heavy atom. The summed E-state index contributed by atoms with van der Waals surface area (Å²) in [6, 6.07) is 5.77. The van der Waals surface area contributed by atoms with Crippen molar-refractivity contribution in [2.75, 3.05) is 6.54 Å². The minimum atomic E-state index is 0.0920. The average Bonchev–Trinajstić information content (AvgIpc) is 3.24. The van der Waals surface area contributed by atoms with Crippen LogP contribution in [0.15, 0.2) is 24.4 Å². The molecule has 0 spiro atoms. The van der Waals surface area contributed by atoms with Gasteiger partial charge in [0, 0.05) is 34.8 Å². The van der Waals surface area contributed by atoms with Crippen LogP contribution < -0.4 is 0 Å². The molecule has 1 aliphatic rings. The maximum absolute atomic E-state index is 12.4. The number of amides is 1. The summed E-state index contributed by atoms with van der Waals surface area (Å²) >= 11 is 6.03. The molecule has 0 atom stereocenters. The number of hydrogen-bond acceptors (Lipinski definition) is 2. The number of carbonyl (C=O) groups is 2. The normalized spacial score (nSPS) is 14.4. The molecule has 0 N–H and O–H groups in total. The Morgan fingerprint density at radius 2 is 2.24 bits per heavy atom. The fraction of sp³-hybridized carbons (Fsp3) is 0.375. The number of carbonyl (C=O) groups excluding carboxylic acids is 2. The summed E-state index contributed by atoms with van der Waals surface area (Å²) in [7, 11) is 0. The van der Waals surface area contributed by atoms with Gasteiger partial charge >= 0.3 is 0 Å². The van der Waals surface area contributed by atoms with E-state index < -0.39 is 0 Å². The van der Waals surface area contributed by atoms with Crippen LogP contribution in [0.5, 0.6) is 0 Å². The molecule has 1 amide bonds. The highest BCUT2D eigenvalue weighted by Gasteiger charge is 2.31. The number of benzene rings is 1. The molecule has 5 heteroatoms. The smallest absolute Gasteiger partial charge is 0.242 e. The van der Waals surface area contributed by atoms with Crippen molar-refractivity contribution < 1.29 is 9.59 Å². The van der Waals surface area contributed by atoms with Crippen LogP contribution in [0.2, 0.25) is 5.02 Å². The molecule has 1 aromatic carbocycles. The third-order valence-electron chi connectivity index (χ3n) is 3.96. The van der Waals surface area contributed by atoms with Crippen molar-refractivity contribution in [2.24, 2.45) is 0 Å². The Labute approximate surface area is 128 Å². The van der Waals surface area contributed by atoms with Gasteiger partial charge in [-0.05, 0) is 31.9 Å². The molecule has 1 aliphatic carbocycles. The molecular formula is C16H17ClN2O2. The van der Waals surface area contributed by atoms with Crippen molar-refractivity contribution in [1.82, 2.24) is 9.47 Å². The number of nitrogens with zero attached hydrogens (tertiary/aromatic N) is 2. The highest BCUT2D eigenvalue weighted by atomic mass is 35.5. The van der Waals surface area contributed by atoms with Crippen LogP contribution in [0.3, 0.4) is 0 Å². The van der Waals surface area contributed by atoms with Gasteiger partial charge in [-0.2, -0.15) is 0 Å². The standard InChI is InChI=1S/C16H17ClN2O2/c1-2-19(13-4-5-13)16(21)9-18-8-11(10-20)14-6-3-12(17)7-15(14)18/h3,6-8,10,13H,2,4-5,9H2,1H3. The van der Waals surface area contributed by atoms with Gasteiger partial charge in [-0.3, -0.25) is 9.59 Å². The van der Waals surface area contributed by atoms with E-state index in [-0.39, 0.29) is 12.5 Å². The lowest BCUT2D eigenvalue weighted by Crippen LogP contribution is -2.35. The van der Waals surface area contributed by atoms with Gasteiger partial charge in [0.25, 0.3) is 0 Å². The molecule has 21 heavy (non-hydrogen) atoms. The summed E-state index contributed by atoms with van der Waals surface area (Å²) in [5.41, 5.74) is 1.41. The van der Waals surface area contributed by atoms with Crippen molar-refractivity contribution >= 4 is 34.7 Å². The van der Waals surface area contributed by atoms with Crippen LogP contribution in [-0.4, -0.2) is 34.2 Å². The van der Waals surface area contributed by atoms with Gasteiger partial charge < -0.3 is 9.47 Å². The molecule has 4 nitrogen and oxygen atoms in total. The van der Waals surface area contributed by atoms with Gasteiger partial charge in [0.2, 0.25) is 5.91 Å². The first-order valence-corrected chi connectivity index (χ1v) is 7.55. The molecule has 0 unspecified atom stereocenters. The van der Waals surface area contributed by atoms with Crippen LogP contribution in [-0.2, 0) is 11.3 Å². The van der Waals surface area contributed by atoms with Crippen LogP contribution in [0, 0.1) is 0 Å². The summed E-state index contributed by atoms with van der Waals surface area (Å²) in [5, 5.41) is 1.43. The summed E-state index contributed by atoms with van der Waals surface area (Å²) in [6.07, 6.45) is 4.73. The second-order valence-corrected chi connectivity index (χ2v) is 5.84. The van der Waals surface area contributed by atoms with Crippen LogP contribution in [0.25, 0.3) is 10.9 Å². The van der Waals surface area contributed by atoms with Gasteiger partial charge in [0.05, 0.1) is 5.52 Å². The molecule has 0 saturated heterocycles. The van der Waals surface area contributed by atoms with Crippen molar-refractivity contribution in [3.63, 3.8) is 0 Å². The zero-order chi connectivity index (χ0) is 15.0. The van der Waals surface area contributed by atoms with E-state index in [9.17, 15) is 9.59 Å². The SMILES string of the molecule is CCN(C(=O)Cn1cc(C=O)c2ccc(Cl)cc21)C1CC1. The van der Waals surface area contributed by atoms with E-state index in [4.69, 9.17) is 11.6 Å². The van der Waals surface area contributed by atoms with E-state index in [1.165, 1.54) is 0 Å². The largest absolute Gasteiger partial charge is 0.338 e. The molecule has 1 heterocycles. The number of aromatic nitrogens is 1. The maximum atomic E-state index is 12.4. The van der Waals surface area contributed by atoms with Crippen LogP contribution in [0.1, 0.15) is 30.1 Å². The Morgan fingerprint density at radius 3 is 2.86 bits per heavy atom. The number of likely N-dealkylation sites (N-methyl/N-ethyl adjacent to an activating group) is 1. The molecule has 1 fully saturated rings. The van der Waals surface area contributed by atoms with Gasteiger partial charge in [-0.1, -0.05) is 17.7 Å². The second-order valence-electron chi connectivity index (χ2n) is 5.40. The molecule has 0 bridgehead atoms. The van der Waals surface area contributed by atoms with Crippen molar-refractivity contribution in [3.8, 4) is 0 Å². The lowest BCUT2D eigenvalue weighted by molar-refractivity contribution is -0.132. The predicted molar refractivity (Wildman–Crippen MR) is 82.7 cm³/mol. The Bertz CT molecular complexity index is 704. The minimum Gasteiger partial charge on any atom is -0.338 e. The molecule has 110 valence electrons. The molecule has 0 radical (unpaired) electrons. The monoisotopic (exact) mass is 304 g/mol. The van der Waals surface area contributed by atoms with E-state index in [2.05, 4.69) is 0 Å². The van der Waals surface area contributed by atoms with E-state index >= 15 is 0 Å². The van der Waals surface area contributed by atoms with Gasteiger partial charge in [-0.15, -0.1) is 0 Å². The molecule has 1 aromatic heterocycles. The Balaban J connectivity index is 1.94. The van der Waals surface area contributed by atoms with E-state index in [0.29, 0.717) is 16.6 Å². The first kappa shape index (κ1) is 14.1. The third-order valence-corrected chi connectivity index (χ3v) is 4.19. The summed E-state index contributed by atoms with van der Waals surface area (Å²) in [6.45, 7) is 2.97. The fourth-order valence-electron chi connectivity index (χ4n) is 2.78. The molecule has 0 aliphatic heterocycles. The van der Waals surface area contributed by atoms with Crippen molar-refractivity contribution in [3.05, 3.63) is 35.0 Å². The molecule has 3 rings (SSSR count). The molecular weight excluding hydrogens is 288 g/mol. The maximum Gasteiger partial charge on any atom is 0.242 e. The molecule has 2 aromatic rings. The molecule has 1 saturated carbocycles. The third kappa shape index (κ3) is 2.68. The summed E-state index contributed by atoms with van der Waals surface area (Å²) in [5.74, 6) is 0.0920. The van der Waals surface area contributed by atoms with E-state index in [0.717, 1.165) is 36.6 Å². The number of rotatable bonds is 5. The summed E-state index contributed by atoms with van der Waals surface area (Å²) in [4.78, 5) is 25.5. The number of fused-ring (bicyclic) bond motifs is 1. The quantitative estimate of drug-likeness (QED) is 0.797. The zero-order valence-corrected chi connectivity index (χ0v) is 12.6. The van der Waals surface area contributed by atoms with Crippen LogP contribution in [0.4, 0.5) is 0 Å². The van der Waals surface area contributed by atoms with Gasteiger partial charge in [0.1, 0.15) is 6.54 Å². The van der Waals surface area contributed by atoms with Crippen molar-refractivity contribution in [1.29, 1.82) is 0 Å². The number of aldehydes is 1. The zero-order valence-electron chi connectivity index (χ0n) is 11.9. The lowest BCUT2D eigenvalue weighted by atomic mass is 10.2. The lowest BCUT2D eigenvalue weighted by Gasteiger charge is -2.20.